The summed E-state index contributed by atoms with van der Waals surface area (Å²) in [6.07, 6.45) is 1.08. The number of fused-ring (bicyclic) bond motifs is 2. The normalized spacial score (nSPS) is 13.5. The molecule has 0 bridgehead atoms. The van der Waals surface area contributed by atoms with E-state index in [0.717, 1.165) is 64.0 Å². The number of halogens is 2. The summed E-state index contributed by atoms with van der Waals surface area (Å²) in [6.45, 7) is 2.56. The number of thiazole rings is 1. The zero-order valence-corrected chi connectivity index (χ0v) is 25.9. The molecule has 1 aliphatic heterocycles. The molecule has 6 nitrogen and oxygen atoms in total. The molecule has 0 fully saturated rings. The van der Waals surface area contributed by atoms with Gasteiger partial charge in [-0.2, -0.15) is 0 Å². The second-order valence-corrected chi connectivity index (χ2v) is 14.3. The maximum Gasteiger partial charge on any atom is 0.225 e. The van der Waals surface area contributed by atoms with Crippen molar-refractivity contribution < 1.29 is 17.6 Å². The number of carbonyl (C=O) groups is 1. The number of aromatic nitrogens is 1. The van der Waals surface area contributed by atoms with Crippen molar-refractivity contribution in [3.05, 3.63) is 101 Å². The molecule has 0 atom stereocenters. The maximum absolute atomic E-state index is 13.2. The Bertz CT molecular complexity index is 1770. The minimum absolute atomic E-state index is 0. The number of hydrogen-bond acceptors (Lipinski definition) is 7. The molecule has 1 N–H and O–H groups in total. The van der Waals surface area contributed by atoms with Crippen molar-refractivity contribution in [2.24, 2.45) is 0 Å². The molecule has 0 radical (unpaired) electrons. The van der Waals surface area contributed by atoms with Crippen LogP contribution in [0.25, 0.3) is 20.8 Å². The Morgan fingerprint density at radius 2 is 1.71 bits per heavy atom. The average Bonchev–Trinajstić information content (AvgIpc) is 3.54. The lowest BCUT2D eigenvalue weighted by Gasteiger charge is -2.27. The van der Waals surface area contributed by atoms with Gasteiger partial charge in [-0.15, -0.1) is 35.1 Å². The van der Waals surface area contributed by atoms with Crippen LogP contribution in [0.2, 0.25) is 0 Å². The fraction of sp³-hybridized carbons (Fsp3) is 0.226. The molecule has 5 aromatic rings. The van der Waals surface area contributed by atoms with Crippen LogP contribution in [0.4, 0.5) is 9.39 Å². The lowest BCUT2D eigenvalue weighted by molar-refractivity contribution is -0.116. The van der Waals surface area contributed by atoms with Crippen LogP contribution in [0, 0.1) is 5.82 Å². The molecule has 3 aromatic carbocycles. The van der Waals surface area contributed by atoms with Gasteiger partial charge in [0, 0.05) is 36.5 Å². The molecule has 42 heavy (non-hydrogen) atoms. The first-order valence-corrected chi connectivity index (χ1v) is 16.7. The molecule has 0 spiro atoms. The smallest absolute Gasteiger partial charge is 0.225 e. The first kappa shape index (κ1) is 30.3. The Hall–Kier alpha value is -3.15. The van der Waals surface area contributed by atoms with E-state index in [9.17, 15) is 17.6 Å². The summed E-state index contributed by atoms with van der Waals surface area (Å²) >= 11 is 3.20. The van der Waals surface area contributed by atoms with Crippen LogP contribution >= 0.6 is 35.1 Å². The van der Waals surface area contributed by atoms with Gasteiger partial charge in [-0.1, -0.05) is 42.5 Å². The van der Waals surface area contributed by atoms with Crippen LogP contribution in [0.5, 0.6) is 0 Å². The number of anilines is 1. The van der Waals surface area contributed by atoms with E-state index in [1.807, 2.05) is 24.3 Å². The third kappa shape index (κ3) is 6.74. The third-order valence-electron chi connectivity index (χ3n) is 7.14. The number of nitrogens with zero attached hydrogens (tertiary/aromatic N) is 2. The molecule has 218 valence electrons. The highest BCUT2D eigenvalue weighted by atomic mass is 35.5. The summed E-state index contributed by atoms with van der Waals surface area (Å²) in [7, 11) is -3.60. The van der Waals surface area contributed by atoms with E-state index in [1.165, 1.54) is 28.1 Å². The Labute approximate surface area is 258 Å². The zero-order chi connectivity index (χ0) is 28.4. The van der Waals surface area contributed by atoms with Gasteiger partial charge in [-0.25, -0.2) is 17.8 Å². The molecule has 0 aliphatic carbocycles. The summed E-state index contributed by atoms with van der Waals surface area (Å²) in [4.78, 5) is 21.7. The number of thiophene rings is 1. The van der Waals surface area contributed by atoms with Crippen molar-refractivity contribution >= 4 is 66.0 Å². The molecular weight excluding hydrogens is 613 g/mol. The minimum atomic E-state index is -3.60. The van der Waals surface area contributed by atoms with E-state index < -0.39 is 15.7 Å². The van der Waals surface area contributed by atoms with Crippen LogP contribution in [-0.2, 0) is 34.1 Å². The Kier molecular flexibility index (Phi) is 9.39. The highest BCUT2D eigenvalue weighted by molar-refractivity contribution is 7.91. The third-order valence-corrected chi connectivity index (χ3v) is 11.1. The quantitative estimate of drug-likeness (QED) is 0.170. The maximum atomic E-state index is 13.2. The standard InChI is InChI=1S/C31H28FN3O3S3.ClH/c32-22-12-14-23(15-13-22)41(37,38)18-6-11-28(36)34-31-29(30-33-25-9-4-5-10-26(25)39-30)24-16-17-35(20-27(24)40-31)19-21-7-2-1-3-8-21;/h1-5,7-10,12-15H,6,11,16-20H2,(H,34,36);1H. The largest absolute Gasteiger partial charge is 0.317 e. The molecule has 0 saturated carbocycles. The Balaban J connectivity index is 0.00000353. The minimum Gasteiger partial charge on any atom is -0.317 e. The molecule has 0 saturated heterocycles. The van der Waals surface area contributed by atoms with Crippen LogP contribution in [0.3, 0.4) is 0 Å². The van der Waals surface area contributed by atoms with Crippen LogP contribution in [0.1, 0.15) is 28.8 Å². The van der Waals surface area contributed by atoms with Gasteiger partial charge in [0.15, 0.2) is 9.84 Å². The number of amides is 1. The van der Waals surface area contributed by atoms with Crippen molar-refractivity contribution in [1.29, 1.82) is 0 Å². The van der Waals surface area contributed by atoms with Gasteiger partial charge in [-0.05, 0) is 60.4 Å². The van der Waals surface area contributed by atoms with E-state index in [0.29, 0.717) is 0 Å². The van der Waals surface area contributed by atoms with Gasteiger partial charge in [0.2, 0.25) is 5.91 Å². The van der Waals surface area contributed by atoms with E-state index in [-0.39, 0.29) is 41.8 Å². The topological polar surface area (TPSA) is 79.4 Å². The number of sulfone groups is 1. The van der Waals surface area contributed by atoms with Crippen molar-refractivity contribution in [1.82, 2.24) is 9.88 Å². The number of rotatable bonds is 9. The molecule has 3 heterocycles. The van der Waals surface area contributed by atoms with Gasteiger partial charge >= 0.3 is 0 Å². The highest BCUT2D eigenvalue weighted by Gasteiger charge is 2.28. The second-order valence-electron chi connectivity index (χ2n) is 10.1. The molecular formula is C31H29ClFN3O3S3. The fourth-order valence-corrected chi connectivity index (χ4v) is 8.83. The monoisotopic (exact) mass is 641 g/mol. The van der Waals surface area contributed by atoms with Gasteiger partial charge in [0.1, 0.15) is 15.8 Å². The molecule has 1 aliphatic rings. The molecule has 0 unspecified atom stereocenters. The second kappa shape index (κ2) is 13.0. The van der Waals surface area contributed by atoms with Gasteiger partial charge in [-0.3, -0.25) is 9.69 Å². The molecule has 6 rings (SSSR count). The number of hydrogen-bond donors (Lipinski definition) is 1. The van der Waals surface area contributed by atoms with Crippen LogP contribution in [0.15, 0.2) is 83.8 Å². The summed E-state index contributed by atoms with van der Waals surface area (Å²) < 4.78 is 39.6. The summed E-state index contributed by atoms with van der Waals surface area (Å²) in [5, 5.41) is 4.74. The van der Waals surface area contributed by atoms with Crippen molar-refractivity contribution in [2.75, 3.05) is 17.6 Å². The molecule has 2 aromatic heterocycles. The Morgan fingerprint density at radius 3 is 2.48 bits per heavy atom. The fourth-order valence-electron chi connectivity index (χ4n) is 5.10. The van der Waals surface area contributed by atoms with Gasteiger partial charge in [0.25, 0.3) is 0 Å². The number of nitrogens with one attached hydrogen (secondary N) is 1. The number of carbonyl (C=O) groups excluding carboxylic acids is 1. The predicted octanol–water partition coefficient (Wildman–Crippen LogP) is 7.34. The molecule has 1 amide bonds. The average molecular weight is 642 g/mol. The van der Waals surface area contributed by atoms with Gasteiger partial charge in [0.05, 0.1) is 20.9 Å². The van der Waals surface area contributed by atoms with Gasteiger partial charge < -0.3 is 5.32 Å². The summed E-state index contributed by atoms with van der Waals surface area (Å²) in [5.41, 5.74) is 4.41. The van der Waals surface area contributed by atoms with E-state index in [4.69, 9.17) is 4.98 Å². The highest BCUT2D eigenvalue weighted by Crippen LogP contribution is 2.46. The lowest BCUT2D eigenvalue weighted by atomic mass is 10.0. The van der Waals surface area contributed by atoms with Crippen molar-refractivity contribution in [2.45, 2.75) is 37.2 Å². The van der Waals surface area contributed by atoms with E-state index in [1.54, 1.807) is 22.7 Å². The lowest BCUT2D eigenvalue weighted by Crippen LogP contribution is -2.29. The first-order valence-electron chi connectivity index (χ1n) is 13.4. The number of para-hydroxylation sites is 1. The summed E-state index contributed by atoms with van der Waals surface area (Å²) in [6, 6.07) is 23.2. The first-order chi connectivity index (χ1) is 19.9. The van der Waals surface area contributed by atoms with Crippen molar-refractivity contribution in [3.8, 4) is 10.6 Å². The summed E-state index contributed by atoms with van der Waals surface area (Å²) in [5.74, 6) is -0.915. The molecule has 11 heteroatoms. The zero-order valence-electron chi connectivity index (χ0n) is 22.6. The van der Waals surface area contributed by atoms with E-state index >= 15 is 0 Å². The predicted molar refractivity (Wildman–Crippen MR) is 171 cm³/mol. The van der Waals surface area contributed by atoms with E-state index in [2.05, 4.69) is 40.5 Å². The van der Waals surface area contributed by atoms with Crippen LogP contribution < -0.4 is 5.32 Å². The van der Waals surface area contributed by atoms with Crippen LogP contribution in [-0.4, -0.2) is 36.5 Å². The number of benzene rings is 3. The SMILES string of the molecule is Cl.O=C(CCCS(=O)(=O)c1ccc(F)cc1)Nc1sc2c(c1-c1nc3ccccc3s1)CCN(Cc1ccccc1)C2. The van der Waals surface area contributed by atoms with Crippen molar-refractivity contribution in [3.63, 3.8) is 0 Å². The Morgan fingerprint density at radius 1 is 0.976 bits per heavy atom.